The summed E-state index contributed by atoms with van der Waals surface area (Å²) in [6.07, 6.45) is 0. The molecule has 8 heteroatoms. The van der Waals surface area contributed by atoms with Crippen LogP contribution in [0.25, 0.3) is 11.1 Å². The van der Waals surface area contributed by atoms with Crippen molar-refractivity contribution in [1.82, 2.24) is 10.0 Å². The summed E-state index contributed by atoms with van der Waals surface area (Å²) in [4.78, 5) is 10.9. The Hall–Kier alpha value is -2.42. The lowest BCUT2D eigenvalue weighted by atomic mass is 10.0. The maximum absolute atomic E-state index is 12.0. The molecule has 0 heterocycles. The molecule has 0 saturated carbocycles. The zero-order valence-electron chi connectivity index (χ0n) is 13.9. The maximum atomic E-state index is 12.0. The number of sulfonamides is 1. The summed E-state index contributed by atoms with van der Waals surface area (Å²) in [6, 6.07) is 11.8. The molecule has 0 aliphatic heterocycles. The van der Waals surface area contributed by atoms with E-state index in [1.54, 1.807) is 18.2 Å². The summed E-state index contributed by atoms with van der Waals surface area (Å²) in [5.41, 5.74) is 2.21. The van der Waals surface area contributed by atoms with Crippen molar-refractivity contribution in [1.29, 1.82) is 0 Å². The Morgan fingerprint density at radius 1 is 1.16 bits per heavy atom. The number of nitrogens with one attached hydrogen (secondary N) is 2. The van der Waals surface area contributed by atoms with Crippen LogP contribution in [0, 0.1) is 0 Å². The topological polar surface area (TPSA) is 105 Å². The van der Waals surface area contributed by atoms with Gasteiger partial charge in [0.1, 0.15) is 5.75 Å². The monoisotopic (exact) mass is 364 g/mol. The van der Waals surface area contributed by atoms with Gasteiger partial charge in [-0.15, -0.1) is 0 Å². The first kappa shape index (κ1) is 18.9. The molecule has 0 bridgehead atoms. The van der Waals surface area contributed by atoms with Crippen LogP contribution in [-0.2, 0) is 21.4 Å². The van der Waals surface area contributed by atoms with Crippen LogP contribution in [0.1, 0.15) is 5.56 Å². The molecule has 2 rings (SSSR count). The number of hydrogen-bond acceptors (Lipinski definition) is 5. The van der Waals surface area contributed by atoms with Crippen LogP contribution in [0.5, 0.6) is 5.75 Å². The highest BCUT2D eigenvalue weighted by atomic mass is 32.2. The number of aliphatic carboxylic acids is 1. The molecule has 0 fully saturated rings. The van der Waals surface area contributed by atoms with E-state index in [-0.39, 0.29) is 4.90 Å². The van der Waals surface area contributed by atoms with Crippen LogP contribution < -0.4 is 14.8 Å². The van der Waals surface area contributed by atoms with Crippen molar-refractivity contribution in [2.45, 2.75) is 11.4 Å². The van der Waals surface area contributed by atoms with Crippen molar-refractivity contribution in [3.05, 3.63) is 48.0 Å². The SMILES string of the molecule is CNCc1ccc(OCC(=O)O)c(-c2cccc(S(=O)(=O)NC)c2)c1. The van der Waals surface area contributed by atoms with Crippen molar-refractivity contribution < 1.29 is 23.1 Å². The van der Waals surface area contributed by atoms with Crippen LogP contribution in [0.3, 0.4) is 0 Å². The number of carboxylic acid groups (broad SMARTS) is 1. The average Bonchev–Trinajstić information content (AvgIpc) is 2.61. The Morgan fingerprint density at radius 3 is 2.56 bits per heavy atom. The summed E-state index contributed by atoms with van der Waals surface area (Å²) in [7, 11) is -0.427. The maximum Gasteiger partial charge on any atom is 0.341 e. The van der Waals surface area contributed by atoms with E-state index in [1.165, 1.54) is 19.2 Å². The van der Waals surface area contributed by atoms with E-state index in [0.717, 1.165) is 5.56 Å². The Morgan fingerprint density at radius 2 is 1.92 bits per heavy atom. The van der Waals surface area contributed by atoms with Crippen molar-refractivity contribution >= 4 is 16.0 Å². The first-order valence-electron chi connectivity index (χ1n) is 7.53. The molecule has 0 spiro atoms. The molecular weight excluding hydrogens is 344 g/mol. The van der Waals surface area contributed by atoms with Crippen LogP contribution in [0.2, 0.25) is 0 Å². The third kappa shape index (κ3) is 4.79. The van der Waals surface area contributed by atoms with Crippen LogP contribution in [0.4, 0.5) is 0 Å². The van der Waals surface area contributed by atoms with E-state index < -0.39 is 22.6 Å². The van der Waals surface area contributed by atoms with Crippen LogP contribution in [-0.4, -0.2) is 40.2 Å². The normalized spacial score (nSPS) is 11.3. The predicted molar refractivity (Wildman–Crippen MR) is 94.0 cm³/mol. The molecule has 0 amide bonds. The van der Waals surface area contributed by atoms with Gasteiger partial charge in [-0.25, -0.2) is 17.9 Å². The Kier molecular flexibility index (Phi) is 6.13. The second-order valence-corrected chi connectivity index (χ2v) is 7.17. The van der Waals surface area contributed by atoms with Gasteiger partial charge in [0.05, 0.1) is 4.90 Å². The average molecular weight is 364 g/mol. The molecule has 3 N–H and O–H groups in total. The van der Waals surface area contributed by atoms with E-state index in [9.17, 15) is 13.2 Å². The zero-order valence-corrected chi connectivity index (χ0v) is 14.8. The van der Waals surface area contributed by atoms with Crippen LogP contribution in [0.15, 0.2) is 47.4 Å². The molecule has 0 aliphatic rings. The van der Waals surface area contributed by atoms with Gasteiger partial charge < -0.3 is 15.2 Å². The minimum Gasteiger partial charge on any atom is -0.481 e. The van der Waals surface area contributed by atoms with Gasteiger partial charge in [0, 0.05) is 12.1 Å². The highest BCUT2D eigenvalue weighted by molar-refractivity contribution is 7.89. The third-order valence-corrected chi connectivity index (χ3v) is 4.91. The molecular formula is C17H20N2O5S. The number of carboxylic acids is 1. The number of hydrogen-bond donors (Lipinski definition) is 3. The summed E-state index contributed by atoms with van der Waals surface area (Å²) in [5.74, 6) is -0.710. The summed E-state index contributed by atoms with van der Waals surface area (Å²) < 4.78 is 31.7. The van der Waals surface area contributed by atoms with Crippen molar-refractivity contribution in [2.75, 3.05) is 20.7 Å². The van der Waals surface area contributed by atoms with Gasteiger partial charge in [-0.2, -0.15) is 0 Å². The molecule has 25 heavy (non-hydrogen) atoms. The highest BCUT2D eigenvalue weighted by Crippen LogP contribution is 2.32. The number of carbonyl (C=O) groups is 1. The van der Waals surface area contributed by atoms with E-state index in [4.69, 9.17) is 9.84 Å². The fraction of sp³-hybridized carbons (Fsp3) is 0.235. The van der Waals surface area contributed by atoms with Gasteiger partial charge in [0.2, 0.25) is 10.0 Å². The molecule has 0 aliphatic carbocycles. The standard InChI is InChI=1S/C17H20N2O5S/c1-18-10-12-6-7-16(24-11-17(20)21)15(8-12)13-4-3-5-14(9-13)25(22,23)19-2/h3-9,18-19H,10-11H2,1-2H3,(H,20,21). The largest absolute Gasteiger partial charge is 0.481 e. The molecule has 0 saturated heterocycles. The number of benzene rings is 2. The Balaban J connectivity index is 2.53. The molecule has 0 aromatic heterocycles. The first-order chi connectivity index (χ1) is 11.9. The fourth-order valence-corrected chi connectivity index (χ4v) is 3.11. The van der Waals surface area contributed by atoms with Gasteiger partial charge >= 0.3 is 5.97 Å². The van der Waals surface area contributed by atoms with E-state index in [2.05, 4.69) is 10.0 Å². The predicted octanol–water partition coefficient (Wildman–Crippen LogP) is 1.44. The fourth-order valence-electron chi connectivity index (χ4n) is 2.33. The second-order valence-electron chi connectivity index (χ2n) is 5.28. The first-order valence-corrected chi connectivity index (χ1v) is 9.02. The van der Waals surface area contributed by atoms with E-state index in [0.29, 0.717) is 23.4 Å². The second kappa shape index (κ2) is 8.11. The van der Waals surface area contributed by atoms with Gasteiger partial charge in [-0.3, -0.25) is 0 Å². The van der Waals surface area contributed by atoms with Gasteiger partial charge in [0.15, 0.2) is 6.61 Å². The van der Waals surface area contributed by atoms with Gasteiger partial charge in [-0.1, -0.05) is 18.2 Å². The Bertz CT molecular complexity index is 865. The lowest BCUT2D eigenvalue weighted by molar-refractivity contribution is -0.139. The summed E-state index contributed by atoms with van der Waals surface area (Å²) in [5, 5.41) is 11.9. The van der Waals surface area contributed by atoms with E-state index in [1.807, 2.05) is 19.2 Å². The molecule has 0 atom stereocenters. The molecule has 2 aromatic rings. The van der Waals surface area contributed by atoms with Crippen molar-refractivity contribution in [3.63, 3.8) is 0 Å². The molecule has 0 radical (unpaired) electrons. The number of rotatable bonds is 8. The molecule has 2 aromatic carbocycles. The summed E-state index contributed by atoms with van der Waals surface area (Å²) in [6.45, 7) is 0.133. The van der Waals surface area contributed by atoms with Gasteiger partial charge in [-0.05, 0) is 49.5 Å². The molecule has 134 valence electrons. The van der Waals surface area contributed by atoms with Crippen molar-refractivity contribution in [2.24, 2.45) is 0 Å². The minimum atomic E-state index is -3.58. The van der Waals surface area contributed by atoms with Gasteiger partial charge in [0.25, 0.3) is 0 Å². The van der Waals surface area contributed by atoms with Crippen LogP contribution >= 0.6 is 0 Å². The zero-order chi connectivity index (χ0) is 18.4. The molecule has 0 unspecified atom stereocenters. The minimum absolute atomic E-state index is 0.121. The van der Waals surface area contributed by atoms with Crippen molar-refractivity contribution in [3.8, 4) is 16.9 Å². The number of ether oxygens (including phenoxy) is 1. The molecule has 7 nitrogen and oxygen atoms in total. The lowest BCUT2D eigenvalue weighted by Crippen LogP contribution is -2.18. The quantitative estimate of drug-likeness (QED) is 0.655. The smallest absolute Gasteiger partial charge is 0.341 e. The van der Waals surface area contributed by atoms with E-state index >= 15 is 0 Å². The third-order valence-electron chi connectivity index (χ3n) is 3.50. The Labute approximate surface area is 146 Å². The lowest BCUT2D eigenvalue weighted by Gasteiger charge is -2.13. The summed E-state index contributed by atoms with van der Waals surface area (Å²) >= 11 is 0. The highest BCUT2D eigenvalue weighted by Gasteiger charge is 2.15.